The summed E-state index contributed by atoms with van der Waals surface area (Å²) in [6.45, 7) is 0.626. The van der Waals surface area contributed by atoms with E-state index in [0.717, 1.165) is 38.8 Å². The van der Waals surface area contributed by atoms with Crippen molar-refractivity contribution in [3.05, 3.63) is 76.4 Å². The first-order chi connectivity index (χ1) is 12.6. The van der Waals surface area contributed by atoms with Crippen LogP contribution in [0.3, 0.4) is 0 Å². The molecule has 0 unspecified atom stereocenters. The fourth-order valence-electron chi connectivity index (χ4n) is 2.85. The summed E-state index contributed by atoms with van der Waals surface area (Å²) in [7, 11) is 1.99. The summed E-state index contributed by atoms with van der Waals surface area (Å²) in [5.41, 5.74) is 4.59. The second-order valence-corrected chi connectivity index (χ2v) is 6.90. The van der Waals surface area contributed by atoms with Crippen LogP contribution in [0.2, 0.25) is 10.0 Å². The van der Waals surface area contributed by atoms with Gasteiger partial charge in [-0.2, -0.15) is 9.61 Å². The van der Waals surface area contributed by atoms with Gasteiger partial charge < -0.3 is 5.32 Å². The number of halogens is 2. The van der Waals surface area contributed by atoms with Crippen LogP contribution in [0.5, 0.6) is 0 Å². The molecule has 0 saturated carbocycles. The van der Waals surface area contributed by atoms with Gasteiger partial charge in [-0.25, -0.2) is 4.98 Å². The first-order valence-electron chi connectivity index (χ1n) is 8.20. The number of anilines is 1. The third kappa shape index (κ3) is 3.28. The van der Waals surface area contributed by atoms with Crippen molar-refractivity contribution in [2.45, 2.75) is 6.54 Å². The molecule has 1 N–H and O–H groups in total. The second-order valence-electron chi connectivity index (χ2n) is 6.05. The van der Waals surface area contributed by atoms with Crippen molar-refractivity contribution < 1.29 is 0 Å². The van der Waals surface area contributed by atoms with Crippen molar-refractivity contribution in [1.82, 2.24) is 14.6 Å². The Balaban J connectivity index is 1.77. The van der Waals surface area contributed by atoms with E-state index >= 15 is 0 Å². The summed E-state index contributed by atoms with van der Waals surface area (Å²) in [6.07, 6.45) is 1.81. The van der Waals surface area contributed by atoms with Crippen LogP contribution in [0.25, 0.3) is 16.9 Å². The number of hydrogen-bond acceptors (Lipinski definition) is 3. The molecule has 0 radical (unpaired) electrons. The number of fused-ring (bicyclic) bond motifs is 1. The maximum absolute atomic E-state index is 6.37. The quantitative estimate of drug-likeness (QED) is 0.550. The Labute approximate surface area is 162 Å². The summed E-state index contributed by atoms with van der Waals surface area (Å²) >= 11 is 12.4. The van der Waals surface area contributed by atoms with Crippen LogP contribution in [0.4, 0.5) is 5.82 Å². The Bertz CT molecular complexity index is 1090. The van der Waals surface area contributed by atoms with Crippen LogP contribution in [-0.2, 0) is 6.54 Å². The van der Waals surface area contributed by atoms with E-state index < -0.39 is 0 Å². The zero-order valence-corrected chi connectivity index (χ0v) is 15.6. The lowest BCUT2D eigenvalue weighted by molar-refractivity contribution is 0.927. The van der Waals surface area contributed by atoms with Gasteiger partial charge in [0.25, 0.3) is 0 Å². The van der Waals surface area contributed by atoms with Crippen molar-refractivity contribution in [1.29, 1.82) is 0 Å². The van der Waals surface area contributed by atoms with Crippen molar-refractivity contribution in [2.24, 2.45) is 0 Å². The monoisotopic (exact) mass is 380 g/mol. The summed E-state index contributed by atoms with van der Waals surface area (Å²) in [4.78, 5) is 4.75. The second kappa shape index (κ2) is 7.02. The molecule has 4 aromatic rings. The molecule has 0 saturated heterocycles. The molecule has 0 atom stereocenters. The summed E-state index contributed by atoms with van der Waals surface area (Å²) in [6, 6.07) is 17.4. The third-order valence-electron chi connectivity index (χ3n) is 4.16. The summed E-state index contributed by atoms with van der Waals surface area (Å²) < 4.78 is 1.81. The standard InChI is InChI=1S/C19H15BCl2N4/c20-15-11-24-26-18(23-10-12-4-3-5-13(21)8-12)9-17(25-19(15)26)14-6-1-2-7-16(14)22/h1-9,11,23H,10,20H2. The lowest BCUT2D eigenvalue weighted by Crippen LogP contribution is -2.09. The number of benzene rings is 2. The van der Waals surface area contributed by atoms with E-state index in [1.54, 1.807) is 4.52 Å². The van der Waals surface area contributed by atoms with Crippen LogP contribution in [0.15, 0.2) is 60.8 Å². The molecule has 0 aliphatic rings. The third-order valence-corrected chi connectivity index (χ3v) is 4.73. The molecule has 0 bridgehead atoms. The zero-order chi connectivity index (χ0) is 18.1. The first kappa shape index (κ1) is 16.9. The molecule has 0 amide bonds. The van der Waals surface area contributed by atoms with Crippen LogP contribution >= 0.6 is 23.2 Å². The van der Waals surface area contributed by atoms with E-state index in [4.69, 9.17) is 28.2 Å². The Morgan fingerprint density at radius 1 is 1.04 bits per heavy atom. The van der Waals surface area contributed by atoms with Crippen LogP contribution in [-0.4, -0.2) is 22.4 Å². The average Bonchev–Trinajstić information content (AvgIpc) is 3.01. The maximum Gasteiger partial charge on any atom is 0.151 e. The van der Waals surface area contributed by atoms with E-state index in [0.29, 0.717) is 11.6 Å². The topological polar surface area (TPSA) is 42.2 Å². The fourth-order valence-corrected chi connectivity index (χ4v) is 3.29. The number of nitrogens with one attached hydrogen (secondary N) is 1. The highest BCUT2D eigenvalue weighted by Crippen LogP contribution is 2.28. The molecule has 0 aliphatic carbocycles. The molecule has 2 aromatic heterocycles. The van der Waals surface area contributed by atoms with E-state index in [-0.39, 0.29) is 0 Å². The van der Waals surface area contributed by atoms with Gasteiger partial charge in [0.15, 0.2) is 5.65 Å². The van der Waals surface area contributed by atoms with Gasteiger partial charge in [-0.3, -0.25) is 0 Å². The van der Waals surface area contributed by atoms with Gasteiger partial charge in [0.05, 0.1) is 5.69 Å². The van der Waals surface area contributed by atoms with Gasteiger partial charge in [0, 0.05) is 34.4 Å². The molecule has 26 heavy (non-hydrogen) atoms. The number of aromatic nitrogens is 3. The van der Waals surface area contributed by atoms with Gasteiger partial charge in [-0.1, -0.05) is 53.5 Å². The molecular weight excluding hydrogens is 366 g/mol. The highest BCUT2D eigenvalue weighted by Gasteiger charge is 2.12. The van der Waals surface area contributed by atoms with E-state index in [1.807, 2.05) is 68.6 Å². The van der Waals surface area contributed by atoms with Crippen molar-refractivity contribution in [3.8, 4) is 11.3 Å². The average molecular weight is 381 g/mol. The van der Waals surface area contributed by atoms with Crippen LogP contribution in [0, 0.1) is 0 Å². The molecule has 0 aliphatic heterocycles. The smallest absolute Gasteiger partial charge is 0.151 e. The molecule has 7 heteroatoms. The molecule has 128 valence electrons. The van der Waals surface area contributed by atoms with Gasteiger partial charge in [0.1, 0.15) is 13.7 Å². The SMILES string of the molecule is Bc1cnn2c(NCc3cccc(Cl)c3)cc(-c3ccccc3Cl)nc12. The number of rotatable bonds is 4. The Morgan fingerprint density at radius 2 is 1.88 bits per heavy atom. The van der Waals surface area contributed by atoms with Gasteiger partial charge in [0.2, 0.25) is 0 Å². The maximum atomic E-state index is 6.37. The van der Waals surface area contributed by atoms with E-state index in [1.165, 1.54) is 0 Å². The van der Waals surface area contributed by atoms with Gasteiger partial charge >= 0.3 is 0 Å². The Morgan fingerprint density at radius 3 is 2.69 bits per heavy atom. The normalized spacial score (nSPS) is 11.0. The van der Waals surface area contributed by atoms with E-state index in [9.17, 15) is 0 Å². The van der Waals surface area contributed by atoms with Gasteiger partial charge in [-0.15, -0.1) is 0 Å². The van der Waals surface area contributed by atoms with E-state index in [2.05, 4.69) is 10.4 Å². The molecule has 4 nitrogen and oxygen atoms in total. The lowest BCUT2D eigenvalue weighted by Gasteiger charge is -2.12. The largest absolute Gasteiger partial charge is 0.366 e. The molecular formula is C19H15BCl2N4. The Hall–Kier alpha value is -2.50. The summed E-state index contributed by atoms with van der Waals surface area (Å²) in [5, 5.41) is 9.26. The molecule has 2 aromatic carbocycles. The Kier molecular flexibility index (Phi) is 4.58. The molecule has 0 fully saturated rings. The van der Waals surface area contributed by atoms with Crippen molar-refractivity contribution >= 4 is 48.0 Å². The fraction of sp³-hybridized carbons (Fsp3) is 0.0526. The van der Waals surface area contributed by atoms with Gasteiger partial charge in [-0.05, 0) is 29.2 Å². The van der Waals surface area contributed by atoms with Crippen molar-refractivity contribution in [2.75, 3.05) is 5.32 Å². The van der Waals surface area contributed by atoms with Crippen LogP contribution < -0.4 is 10.8 Å². The molecule has 0 spiro atoms. The molecule has 2 heterocycles. The predicted octanol–water partition coefficient (Wildman–Crippen LogP) is 3.57. The number of hydrogen-bond donors (Lipinski definition) is 1. The van der Waals surface area contributed by atoms with Crippen LogP contribution in [0.1, 0.15) is 5.56 Å². The minimum absolute atomic E-state index is 0.626. The highest BCUT2D eigenvalue weighted by atomic mass is 35.5. The minimum Gasteiger partial charge on any atom is -0.366 e. The first-order valence-corrected chi connectivity index (χ1v) is 8.96. The highest BCUT2D eigenvalue weighted by molar-refractivity contribution is 6.36. The zero-order valence-electron chi connectivity index (χ0n) is 14.1. The van der Waals surface area contributed by atoms with Crippen molar-refractivity contribution in [3.63, 3.8) is 0 Å². The number of nitrogens with zero attached hydrogens (tertiary/aromatic N) is 3. The predicted molar refractivity (Wildman–Crippen MR) is 110 cm³/mol. The lowest BCUT2D eigenvalue weighted by atomic mass is 10.0. The minimum atomic E-state index is 0.626. The summed E-state index contributed by atoms with van der Waals surface area (Å²) in [5.74, 6) is 0.845. The molecule has 4 rings (SSSR count).